The Labute approximate surface area is 68.9 Å². The van der Waals surface area contributed by atoms with Gasteiger partial charge in [0.1, 0.15) is 0 Å². The number of hydrogen-bond acceptors (Lipinski definition) is 3. The van der Waals surface area contributed by atoms with Crippen molar-refractivity contribution in [3.8, 4) is 0 Å². The number of nitrogens with one attached hydrogen (secondary N) is 1. The normalized spacial score (nSPS) is 10.3. The number of benzene rings is 1. The first-order chi connectivity index (χ1) is 5.40. The molecule has 0 saturated heterocycles. The highest BCUT2D eigenvalue weighted by atomic mass is 32.1. The van der Waals surface area contributed by atoms with Crippen LogP contribution in [0.15, 0.2) is 23.7 Å². The van der Waals surface area contributed by atoms with Crippen molar-refractivity contribution in [2.75, 3.05) is 12.4 Å². The largest absolute Gasteiger partial charge is 0.388 e. The Kier molecular flexibility index (Phi) is 1.51. The molecule has 0 saturated carbocycles. The lowest BCUT2D eigenvalue weighted by Crippen LogP contribution is -1.85. The third-order valence-corrected chi connectivity index (χ3v) is 2.43. The van der Waals surface area contributed by atoms with Gasteiger partial charge in [-0.15, -0.1) is 11.3 Å². The van der Waals surface area contributed by atoms with Crippen molar-refractivity contribution >= 4 is 27.2 Å². The third kappa shape index (κ3) is 1.07. The molecule has 1 heterocycles. The van der Waals surface area contributed by atoms with Crippen LogP contribution in [-0.2, 0) is 0 Å². The number of fused-ring (bicyclic) bond motifs is 1. The summed E-state index contributed by atoms with van der Waals surface area (Å²) in [5, 5.41) is 3.07. The van der Waals surface area contributed by atoms with Crippen LogP contribution in [0, 0.1) is 0 Å². The van der Waals surface area contributed by atoms with Gasteiger partial charge >= 0.3 is 0 Å². The minimum absolute atomic E-state index is 1.07. The first-order valence-electron chi connectivity index (χ1n) is 3.41. The molecule has 0 radical (unpaired) electrons. The van der Waals surface area contributed by atoms with Crippen LogP contribution in [0.25, 0.3) is 10.2 Å². The van der Waals surface area contributed by atoms with E-state index < -0.39 is 0 Å². The fraction of sp³-hybridized carbons (Fsp3) is 0.125. The van der Waals surface area contributed by atoms with Crippen LogP contribution in [0.1, 0.15) is 0 Å². The molecule has 0 bridgehead atoms. The molecule has 2 aromatic rings. The lowest BCUT2D eigenvalue weighted by atomic mass is 10.3. The minimum Gasteiger partial charge on any atom is -0.388 e. The van der Waals surface area contributed by atoms with E-state index in [1.165, 1.54) is 4.70 Å². The Bertz CT molecular complexity index is 367. The summed E-state index contributed by atoms with van der Waals surface area (Å²) >= 11 is 1.67. The maximum absolute atomic E-state index is 4.21. The van der Waals surface area contributed by atoms with Gasteiger partial charge in [-0.1, -0.05) is 0 Å². The van der Waals surface area contributed by atoms with E-state index >= 15 is 0 Å². The fourth-order valence-electron chi connectivity index (χ4n) is 1.01. The van der Waals surface area contributed by atoms with Crippen LogP contribution in [0.3, 0.4) is 0 Å². The molecule has 11 heavy (non-hydrogen) atoms. The Hall–Kier alpha value is -1.09. The Morgan fingerprint density at radius 2 is 2.36 bits per heavy atom. The van der Waals surface area contributed by atoms with E-state index in [4.69, 9.17) is 0 Å². The van der Waals surface area contributed by atoms with Gasteiger partial charge in [0.05, 0.1) is 15.7 Å². The van der Waals surface area contributed by atoms with Gasteiger partial charge in [-0.05, 0) is 18.2 Å². The topological polar surface area (TPSA) is 24.9 Å². The quantitative estimate of drug-likeness (QED) is 0.699. The summed E-state index contributed by atoms with van der Waals surface area (Å²) in [6.45, 7) is 0. The van der Waals surface area contributed by atoms with Crippen LogP contribution < -0.4 is 5.32 Å². The zero-order valence-corrected chi connectivity index (χ0v) is 6.98. The van der Waals surface area contributed by atoms with Crippen molar-refractivity contribution in [3.05, 3.63) is 23.7 Å². The molecule has 0 aliphatic heterocycles. The second kappa shape index (κ2) is 2.51. The second-order valence-electron chi connectivity index (χ2n) is 2.28. The van der Waals surface area contributed by atoms with Crippen LogP contribution in [0.4, 0.5) is 5.69 Å². The van der Waals surface area contributed by atoms with Gasteiger partial charge in [-0.2, -0.15) is 0 Å². The average molecular weight is 164 g/mol. The van der Waals surface area contributed by atoms with Gasteiger partial charge in [-0.3, -0.25) is 0 Å². The van der Waals surface area contributed by atoms with Crippen LogP contribution in [-0.4, -0.2) is 12.0 Å². The standard InChI is InChI=1S/C8H8N2S/c1-9-6-2-3-8-7(4-6)10-5-11-8/h2-5,9H,1H3. The molecule has 0 amide bonds. The van der Waals surface area contributed by atoms with E-state index in [0.29, 0.717) is 0 Å². The Balaban J connectivity index is 2.67. The van der Waals surface area contributed by atoms with E-state index in [1.54, 1.807) is 11.3 Å². The summed E-state index contributed by atoms with van der Waals surface area (Å²) in [5.74, 6) is 0. The minimum atomic E-state index is 1.07. The van der Waals surface area contributed by atoms with Gasteiger partial charge in [0, 0.05) is 12.7 Å². The molecular formula is C8H8N2S. The van der Waals surface area contributed by atoms with Crippen molar-refractivity contribution in [3.63, 3.8) is 0 Å². The summed E-state index contributed by atoms with van der Waals surface area (Å²) in [4.78, 5) is 4.21. The number of aromatic nitrogens is 1. The van der Waals surface area contributed by atoms with E-state index in [1.807, 2.05) is 18.6 Å². The summed E-state index contributed by atoms with van der Waals surface area (Å²) < 4.78 is 1.24. The smallest absolute Gasteiger partial charge is 0.0832 e. The van der Waals surface area contributed by atoms with Gasteiger partial charge in [0.25, 0.3) is 0 Å². The number of thiazole rings is 1. The maximum Gasteiger partial charge on any atom is 0.0832 e. The molecule has 0 atom stereocenters. The van der Waals surface area contributed by atoms with Crippen molar-refractivity contribution in [2.24, 2.45) is 0 Å². The van der Waals surface area contributed by atoms with Crippen molar-refractivity contribution in [1.29, 1.82) is 0 Å². The average Bonchev–Trinajstić information content (AvgIpc) is 2.50. The lowest BCUT2D eigenvalue weighted by molar-refractivity contribution is 1.48. The molecule has 0 unspecified atom stereocenters. The Morgan fingerprint density at radius 3 is 3.18 bits per heavy atom. The summed E-state index contributed by atoms with van der Waals surface area (Å²) in [6.07, 6.45) is 0. The van der Waals surface area contributed by atoms with Crippen LogP contribution >= 0.6 is 11.3 Å². The number of nitrogens with zero attached hydrogens (tertiary/aromatic N) is 1. The SMILES string of the molecule is CNc1ccc2scnc2c1. The summed E-state index contributed by atoms with van der Waals surface area (Å²) in [5.41, 5.74) is 4.05. The van der Waals surface area contributed by atoms with Crippen molar-refractivity contribution < 1.29 is 0 Å². The molecule has 0 aliphatic rings. The molecule has 3 heteroatoms. The number of rotatable bonds is 1. The van der Waals surface area contributed by atoms with Gasteiger partial charge < -0.3 is 5.32 Å². The van der Waals surface area contributed by atoms with Crippen LogP contribution in [0.5, 0.6) is 0 Å². The molecule has 1 aromatic heterocycles. The fourth-order valence-corrected chi connectivity index (χ4v) is 1.67. The van der Waals surface area contributed by atoms with Gasteiger partial charge in [-0.25, -0.2) is 4.98 Å². The van der Waals surface area contributed by atoms with Crippen molar-refractivity contribution in [1.82, 2.24) is 4.98 Å². The van der Waals surface area contributed by atoms with Gasteiger partial charge in [0.15, 0.2) is 0 Å². The highest BCUT2D eigenvalue weighted by molar-refractivity contribution is 7.16. The molecule has 0 aliphatic carbocycles. The predicted octanol–water partition coefficient (Wildman–Crippen LogP) is 2.34. The van der Waals surface area contributed by atoms with Crippen LogP contribution in [0.2, 0.25) is 0 Å². The lowest BCUT2D eigenvalue weighted by Gasteiger charge is -1.96. The first-order valence-corrected chi connectivity index (χ1v) is 4.29. The maximum atomic E-state index is 4.21. The number of hydrogen-bond donors (Lipinski definition) is 1. The molecule has 2 rings (SSSR count). The molecule has 2 nitrogen and oxygen atoms in total. The summed E-state index contributed by atoms with van der Waals surface area (Å²) in [7, 11) is 1.91. The molecule has 0 fully saturated rings. The number of anilines is 1. The van der Waals surface area contributed by atoms with E-state index in [0.717, 1.165) is 11.2 Å². The zero-order valence-electron chi connectivity index (χ0n) is 6.16. The molecule has 0 spiro atoms. The predicted molar refractivity (Wildman–Crippen MR) is 49.2 cm³/mol. The monoisotopic (exact) mass is 164 g/mol. The highest BCUT2D eigenvalue weighted by Crippen LogP contribution is 2.20. The summed E-state index contributed by atoms with van der Waals surface area (Å²) in [6, 6.07) is 6.19. The molecule has 56 valence electrons. The van der Waals surface area contributed by atoms with E-state index in [2.05, 4.69) is 22.4 Å². The Morgan fingerprint density at radius 1 is 1.45 bits per heavy atom. The molecule has 1 N–H and O–H groups in total. The van der Waals surface area contributed by atoms with Gasteiger partial charge in [0.2, 0.25) is 0 Å². The first kappa shape index (κ1) is 6.61. The zero-order chi connectivity index (χ0) is 7.68. The van der Waals surface area contributed by atoms with E-state index in [-0.39, 0.29) is 0 Å². The van der Waals surface area contributed by atoms with Crippen molar-refractivity contribution in [2.45, 2.75) is 0 Å². The highest BCUT2D eigenvalue weighted by Gasteiger charge is 1.95. The second-order valence-corrected chi connectivity index (χ2v) is 3.17. The molecule has 1 aromatic carbocycles. The third-order valence-electron chi connectivity index (χ3n) is 1.62. The molecular weight excluding hydrogens is 156 g/mol. The van der Waals surface area contributed by atoms with E-state index in [9.17, 15) is 0 Å².